The molecule has 3 atom stereocenters. The molecule has 106 valence electrons. The van der Waals surface area contributed by atoms with Gasteiger partial charge in [0.2, 0.25) is 0 Å². The van der Waals surface area contributed by atoms with Gasteiger partial charge in [0.25, 0.3) is 0 Å². The van der Waals surface area contributed by atoms with Gasteiger partial charge >= 0.3 is 0 Å². The van der Waals surface area contributed by atoms with Crippen LogP contribution in [0.4, 0.5) is 0 Å². The molecule has 2 nitrogen and oxygen atoms in total. The normalized spacial score (nSPS) is 24.1. The average molecular weight is 268 g/mol. The molecule has 3 N–H and O–H groups in total. The molecule has 0 aliphatic heterocycles. The highest BCUT2D eigenvalue weighted by Gasteiger charge is 2.30. The zero-order valence-corrected chi connectivity index (χ0v) is 12.2. The maximum absolute atomic E-state index is 5.87. The van der Waals surface area contributed by atoms with Crippen LogP contribution < -0.4 is 11.3 Å². The number of nitrogens with two attached hydrogens (primary N) is 1. The first-order valence-electron chi connectivity index (χ1n) is 7.76. The van der Waals surface area contributed by atoms with Crippen LogP contribution >= 0.6 is 0 Å². The summed E-state index contributed by atoms with van der Waals surface area (Å²) in [6.45, 7) is 2.30. The standard InChI is InChI=1S/C18H24N2/c1-2-13-7-8-16(11-13)18(20-19)17-10-9-14-5-3-4-6-15(14)12-17/h3-6,9-10,12-13,16,18,20H,2,7-8,11,19H2,1H3. The van der Waals surface area contributed by atoms with Gasteiger partial charge < -0.3 is 0 Å². The van der Waals surface area contributed by atoms with Gasteiger partial charge in [-0.15, -0.1) is 0 Å². The molecule has 0 bridgehead atoms. The van der Waals surface area contributed by atoms with Crippen LogP contribution in [0, 0.1) is 11.8 Å². The third kappa shape index (κ3) is 2.58. The highest BCUT2D eigenvalue weighted by atomic mass is 15.2. The fraction of sp³-hybridized carbons (Fsp3) is 0.444. The molecule has 1 fully saturated rings. The third-order valence-corrected chi connectivity index (χ3v) is 4.94. The summed E-state index contributed by atoms with van der Waals surface area (Å²) in [6, 6.07) is 15.5. The predicted octanol–water partition coefficient (Wildman–Crippen LogP) is 4.17. The second-order valence-electron chi connectivity index (χ2n) is 6.10. The van der Waals surface area contributed by atoms with Crippen molar-refractivity contribution in [2.45, 2.75) is 38.6 Å². The number of benzene rings is 2. The van der Waals surface area contributed by atoms with Crippen LogP contribution in [0.25, 0.3) is 10.8 Å². The summed E-state index contributed by atoms with van der Waals surface area (Å²) in [5.74, 6) is 7.42. The number of hydrogen-bond acceptors (Lipinski definition) is 2. The van der Waals surface area contributed by atoms with Crippen LogP contribution in [0.5, 0.6) is 0 Å². The first kappa shape index (κ1) is 13.6. The van der Waals surface area contributed by atoms with Gasteiger partial charge in [-0.2, -0.15) is 0 Å². The molecular weight excluding hydrogens is 244 g/mol. The first-order valence-corrected chi connectivity index (χ1v) is 7.76. The molecule has 0 spiro atoms. The molecule has 1 aliphatic carbocycles. The Balaban J connectivity index is 1.87. The smallest absolute Gasteiger partial charge is 0.0488 e. The molecule has 20 heavy (non-hydrogen) atoms. The minimum atomic E-state index is 0.288. The van der Waals surface area contributed by atoms with Crippen LogP contribution in [-0.2, 0) is 0 Å². The van der Waals surface area contributed by atoms with Gasteiger partial charge in [0, 0.05) is 6.04 Å². The van der Waals surface area contributed by atoms with Crippen molar-refractivity contribution >= 4 is 10.8 Å². The van der Waals surface area contributed by atoms with Gasteiger partial charge in [0.05, 0.1) is 0 Å². The second-order valence-corrected chi connectivity index (χ2v) is 6.10. The van der Waals surface area contributed by atoms with Gasteiger partial charge in [0.15, 0.2) is 0 Å². The quantitative estimate of drug-likeness (QED) is 0.645. The maximum atomic E-state index is 5.87. The average Bonchev–Trinajstić information content (AvgIpc) is 2.97. The summed E-state index contributed by atoms with van der Waals surface area (Å²) in [7, 11) is 0. The number of hydrogen-bond donors (Lipinski definition) is 2. The fourth-order valence-electron chi connectivity index (χ4n) is 3.69. The third-order valence-electron chi connectivity index (χ3n) is 4.94. The van der Waals surface area contributed by atoms with E-state index < -0.39 is 0 Å². The van der Waals surface area contributed by atoms with Gasteiger partial charge in [-0.05, 0) is 47.1 Å². The summed E-state index contributed by atoms with van der Waals surface area (Å²) in [6.07, 6.45) is 5.25. The summed E-state index contributed by atoms with van der Waals surface area (Å²) in [5, 5.41) is 2.60. The lowest BCUT2D eigenvalue weighted by Gasteiger charge is -2.24. The van der Waals surface area contributed by atoms with Crippen LogP contribution in [0.3, 0.4) is 0 Å². The predicted molar refractivity (Wildman–Crippen MR) is 85.1 cm³/mol. The molecule has 1 aliphatic rings. The van der Waals surface area contributed by atoms with Gasteiger partial charge in [-0.1, -0.05) is 56.2 Å². The molecule has 3 unspecified atom stereocenters. The Labute approximate surface area is 121 Å². The van der Waals surface area contributed by atoms with E-state index in [0.29, 0.717) is 5.92 Å². The monoisotopic (exact) mass is 268 g/mol. The van der Waals surface area contributed by atoms with Gasteiger partial charge in [0.1, 0.15) is 0 Å². The Hall–Kier alpha value is -1.38. The lowest BCUT2D eigenvalue weighted by Crippen LogP contribution is -2.32. The van der Waals surface area contributed by atoms with Crippen molar-refractivity contribution < 1.29 is 0 Å². The minimum absolute atomic E-state index is 0.288. The number of rotatable bonds is 4. The molecule has 2 aromatic carbocycles. The molecule has 0 radical (unpaired) electrons. The van der Waals surface area contributed by atoms with Crippen molar-refractivity contribution in [3.05, 3.63) is 48.0 Å². The second kappa shape index (κ2) is 5.94. The van der Waals surface area contributed by atoms with Crippen LogP contribution in [-0.4, -0.2) is 0 Å². The van der Waals surface area contributed by atoms with E-state index in [-0.39, 0.29) is 6.04 Å². The topological polar surface area (TPSA) is 38.0 Å². The maximum Gasteiger partial charge on any atom is 0.0488 e. The molecular formula is C18H24N2. The van der Waals surface area contributed by atoms with Crippen LogP contribution in [0.15, 0.2) is 42.5 Å². The first-order chi connectivity index (χ1) is 9.81. The van der Waals surface area contributed by atoms with E-state index in [1.54, 1.807) is 0 Å². The Morgan fingerprint density at radius 3 is 2.65 bits per heavy atom. The zero-order chi connectivity index (χ0) is 13.9. The molecule has 2 aromatic rings. The Kier molecular flexibility index (Phi) is 4.04. The largest absolute Gasteiger partial charge is 0.271 e. The fourth-order valence-corrected chi connectivity index (χ4v) is 3.69. The van der Waals surface area contributed by atoms with E-state index in [9.17, 15) is 0 Å². The van der Waals surface area contributed by atoms with E-state index in [1.165, 1.54) is 42.0 Å². The Morgan fingerprint density at radius 1 is 1.15 bits per heavy atom. The molecule has 3 rings (SSSR count). The number of hydrazine groups is 1. The van der Waals surface area contributed by atoms with Gasteiger partial charge in [-0.3, -0.25) is 11.3 Å². The molecule has 0 saturated heterocycles. The van der Waals surface area contributed by atoms with Crippen molar-refractivity contribution in [2.75, 3.05) is 0 Å². The summed E-state index contributed by atoms with van der Waals surface area (Å²) in [4.78, 5) is 0. The van der Waals surface area contributed by atoms with Crippen molar-refractivity contribution in [1.29, 1.82) is 0 Å². The highest BCUT2D eigenvalue weighted by molar-refractivity contribution is 5.83. The van der Waals surface area contributed by atoms with Crippen molar-refractivity contribution in [3.8, 4) is 0 Å². The highest BCUT2D eigenvalue weighted by Crippen LogP contribution is 2.40. The van der Waals surface area contributed by atoms with Gasteiger partial charge in [-0.25, -0.2) is 0 Å². The molecule has 0 aromatic heterocycles. The molecule has 1 saturated carbocycles. The van der Waals surface area contributed by atoms with Crippen molar-refractivity contribution in [1.82, 2.24) is 5.43 Å². The summed E-state index contributed by atoms with van der Waals surface area (Å²) in [5.41, 5.74) is 4.40. The SMILES string of the molecule is CCC1CCC(C(NN)c2ccc3ccccc3c2)C1. The van der Waals surface area contributed by atoms with Crippen LogP contribution in [0.2, 0.25) is 0 Å². The Morgan fingerprint density at radius 2 is 1.95 bits per heavy atom. The van der Waals surface area contributed by atoms with Crippen molar-refractivity contribution in [3.63, 3.8) is 0 Å². The molecule has 2 heteroatoms. The summed E-state index contributed by atoms with van der Waals surface area (Å²) < 4.78 is 0. The number of nitrogens with one attached hydrogen (secondary N) is 1. The van der Waals surface area contributed by atoms with E-state index in [0.717, 1.165) is 5.92 Å². The molecule has 0 amide bonds. The minimum Gasteiger partial charge on any atom is -0.271 e. The zero-order valence-electron chi connectivity index (χ0n) is 12.2. The molecule has 0 heterocycles. The van der Waals surface area contributed by atoms with E-state index in [4.69, 9.17) is 5.84 Å². The Bertz CT molecular complexity index is 578. The van der Waals surface area contributed by atoms with E-state index >= 15 is 0 Å². The van der Waals surface area contributed by atoms with Crippen LogP contribution in [0.1, 0.15) is 44.2 Å². The lowest BCUT2D eigenvalue weighted by atomic mass is 9.90. The van der Waals surface area contributed by atoms with Crippen molar-refractivity contribution in [2.24, 2.45) is 17.7 Å². The van der Waals surface area contributed by atoms with E-state index in [1.807, 2.05) is 0 Å². The lowest BCUT2D eigenvalue weighted by molar-refractivity contribution is 0.358. The summed E-state index contributed by atoms with van der Waals surface area (Å²) >= 11 is 0. The number of fused-ring (bicyclic) bond motifs is 1. The van der Waals surface area contributed by atoms with E-state index in [2.05, 4.69) is 54.8 Å².